The van der Waals surface area contributed by atoms with E-state index in [0.717, 1.165) is 24.4 Å². The number of rotatable bonds is 2. The van der Waals surface area contributed by atoms with Crippen molar-refractivity contribution in [2.45, 2.75) is 18.6 Å². The number of aliphatic hydroxyl groups excluding tert-OH is 1. The van der Waals surface area contributed by atoms with E-state index < -0.39 is 0 Å². The summed E-state index contributed by atoms with van der Waals surface area (Å²) in [6, 6.07) is 3.59. The van der Waals surface area contributed by atoms with Gasteiger partial charge in [0.25, 0.3) is 0 Å². The third kappa shape index (κ3) is 2.98. The lowest BCUT2D eigenvalue weighted by molar-refractivity contribution is 0.157. The molecule has 92 valence electrons. The Morgan fingerprint density at radius 3 is 2.81 bits per heavy atom. The van der Waals surface area contributed by atoms with Crippen molar-refractivity contribution in [1.29, 1.82) is 0 Å². The molecule has 1 aromatic rings. The SMILES string of the molecule is COc1cccnc1C1NCCC1O.Cl.Cl. The molecule has 4 nitrogen and oxygen atoms in total. The van der Waals surface area contributed by atoms with Gasteiger partial charge in [0.2, 0.25) is 0 Å². The molecule has 2 N–H and O–H groups in total. The molecule has 0 aromatic carbocycles. The summed E-state index contributed by atoms with van der Waals surface area (Å²) in [5.74, 6) is 0.728. The van der Waals surface area contributed by atoms with Crippen LogP contribution in [0.5, 0.6) is 5.75 Å². The third-order valence-electron chi connectivity index (χ3n) is 2.50. The summed E-state index contributed by atoms with van der Waals surface area (Å²) in [5.41, 5.74) is 0.792. The summed E-state index contributed by atoms with van der Waals surface area (Å²) in [7, 11) is 1.61. The standard InChI is InChI=1S/C10H14N2O2.2ClH/c1-14-8-3-2-5-11-10(8)9-7(13)4-6-12-9;;/h2-3,5,7,9,12-13H,4,6H2,1H3;2*1H. The Labute approximate surface area is 107 Å². The van der Waals surface area contributed by atoms with Gasteiger partial charge in [-0.05, 0) is 25.1 Å². The first kappa shape index (κ1) is 15.4. The zero-order valence-electron chi connectivity index (χ0n) is 8.92. The van der Waals surface area contributed by atoms with E-state index in [2.05, 4.69) is 10.3 Å². The van der Waals surface area contributed by atoms with E-state index in [1.807, 2.05) is 12.1 Å². The summed E-state index contributed by atoms with van der Waals surface area (Å²) >= 11 is 0. The molecule has 1 aliphatic rings. The van der Waals surface area contributed by atoms with Gasteiger partial charge < -0.3 is 15.2 Å². The first-order chi connectivity index (χ1) is 6.83. The second-order valence-corrected chi connectivity index (χ2v) is 3.38. The molecule has 1 saturated heterocycles. The number of aliphatic hydroxyl groups is 1. The smallest absolute Gasteiger partial charge is 0.142 e. The summed E-state index contributed by atoms with van der Waals surface area (Å²) in [4.78, 5) is 4.23. The van der Waals surface area contributed by atoms with Crippen molar-refractivity contribution in [1.82, 2.24) is 10.3 Å². The van der Waals surface area contributed by atoms with Gasteiger partial charge in [-0.1, -0.05) is 0 Å². The molecule has 1 fully saturated rings. The van der Waals surface area contributed by atoms with Gasteiger partial charge in [-0.2, -0.15) is 0 Å². The van der Waals surface area contributed by atoms with E-state index in [-0.39, 0.29) is 37.0 Å². The predicted octanol–water partition coefficient (Wildman–Crippen LogP) is 1.33. The molecule has 1 aliphatic heterocycles. The van der Waals surface area contributed by atoms with Crippen molar-refractivity contribution in [2.75, 3.05) is 13.7 Å². The average Bonchev–Trinajstić information content (AvgIpc) is 2.64. The van der Waals surface area contributed by atoms with Crippen LogP contribution in [0.1, 0.15) is 18.2 Å². The van der Waals surface area contributed by atoms with E-state index in [4.69, 9.17) is 4.74 Å². The number of nitrogens with zero attached hydrogens (tertiary/aromatic N) is 1. The van der Waals surface area contributed by atoms with Crippen molar-refractivity contribution >= 4 is 24.8 Å². The molecular formula is C10H16Cl2N2O2. The molecule has 0 spiro atoms. The number of aromatic nitrogens is 1. The Hall–Kier alpha value is -0.550. The van der Waals surface area contributed by atoms with Crippen molar-refractivity contribution in [3.05, 3.63) is 24.0 Å². The van der Waals surface area contributed by atoms with Gasteiger partial charge in [0.05, 0.1) is 19.3 Å². The minimum Gasteiger partial charge on any atom is -0.495 e. The lowest BCUT2D eigenvalue weighted by atomic mass is 10.1. The van der Waals surface area contributed by atoms with Crippen LogP contribution in [0.2, 0.25) is 0 Å². The largest absolute Gasteiger partial charge is 0.495 e. The van der Waals surface area contributed by atoms with Crippen molar-refractivity contribution < 1.29 is 9.84 Å². The third-order valence-corrected chi connectivity index (χ3v) is 2.50. The lowest BCUT2D eigenvalue weighted by Gasteiger charge is -2.16. The number of ether oxygens (including phenoxy) is 1. The fraction of sp³-hybridized carbons (Fsp3) is 0.500. The van der Waals surface area contributed by atoms with Gasteiger partial charge in [0, 0.05) is 6.20 Å². The molecule has 0 radical (unpaired) electrons. The highest BCUT2D eigenvalue weighted by Crippen LogP contribution is 2.28. The fourth-order valence-corrected chi connectivity index (χ4v) is 1.78. The van der Waals surface area contributed by atoms with Crippen LogP contribution in [-0.2, 0) is 0 Å². The second kappa shape index (κ2) is 6.91. The molecule has 1 aromatic heterocycles. The van der Waals surface area contributed by atoms with Crippen molar-refractivity contribution in [3.63, 3.8) is 0 Å². The normalized spacial score (nSPS) is 23.1. The minimum absolute atomic E-state index is 0. The molecule has 2 unspecified atom stereocenters. The van der Waals surface area contributed by atoms with Gasteiger partial charge in [-0.15, -0.1) is 24.8 Å². The number of methoxy groups -OCH3 is 1. The summed E-state index contributed by atoms with van der Waals surface area (Å²) in [6.45, 7) is 0.825. The van der Waals surface area contributed by atoms with E-state index in [0.29, 0.717) is 0 Å². The maximum Gasteiger partial charge on any atom is 0.142 e. The fourth-order valence-electron chi connectivity index (χ4n) is 1.78. The molecule has 0 saturated carbocycles. The second-order valence-electron chi connectivity index (χ2n) is 3.38. The zero-order chi connectivity index (χ0) is 9.97. The summed E-state index contributed by atoms with van der Waals surface area (Å²) in [6.07, 6.45) is 2.12. The molecule has 0 aliphatic carbocycles. The number of nitrogens with one attached hydrogen (secondary N) is 1. The monoisotopic (exact) mass is 266 g/mol. The number of halogens is 2. The summed E-state index contributed by atoms with van der Waals surface area (Å²) in [5, 5.41) is 12.9. The zero-order valence-corrected chi connectivity index (χ0v) is 10.6. The highest BCUT2D eigenvalue weighted by atomic mass is 35.5. The lowest BCUT2D eigenvalue weighted by Crippen LogP contribution is -2.22. The molecule has 16 heavy (non-hydrogen) atoms. The van der Waals surface area contributed by atoms with Crippen LogP contribution in [-0.4, -0.2) is 29.8 Å². The van der Waals surface area contributed by atoms with Crippen molar-refractivity contribution in [3.8, 4) is 5.75 Å². The molecule has 2 rings (SSSR count). The topological polar surface area (TPSA) is 54.4 Å². The Bertz CT molecular complexity index is 325. The molecular weight excluding hydrogens is 251 g/mol. The molecule has 2 heterocycles. The average molecular weight is 267 g/mol. The van der Waals surface area contributed by atoms with Crippen LogP contribution in [0.15, 0.2) is 18.3 Å². The molecule has 6 heteroatoms. The predicted molar refractivity (Wildman–Crippen MR) is 66.7 cm³/mol. The number of hydrogen-bond donors (Lipinski definition) is 2. The van der Waals surface area contributed by atoms with Crippen LogP contribution in [0.3, 0.4) is 0 Å². The maximum atomic E-state index is 9.70. The minimum atomic E-state index is -0.362. The van der Waals surface area contributed by atoms with E-state index in [9.17, 15) is 5.11 Å². The molecule has 0 amide bonds. The quantitative estimate of drug-likeness (QED) is 0.848. The molecule has 2 atom stereocenters. The highest BCUT2D eigenvalue weighted by Gasteiger charge is 2.29. The Balaban J connectivity index is 0.00000112. The Morgan fingerprint density at radius 1 is 1.50 bits per heavy atom. The first-order valence-electron chi connectivity index (χ1n) is 4.73. The van der Waals surface area contributed by atoms with Gasteiger partial charge >= 0.3 is 0 Å². The maximum absolute atomic E-state index is 9.70. The van der Waals surface area contributed by atoms with Gasteiger partial charge in [0.1, 0.15) is 11.4 Å². The highest BCUT2D eigenvalue weighted by molar-refractivity contribution is 5.85. The van der Waals surface area contributed by atoms with E-state index >= 15 is 0 Å². The number of pyridine rings is 1. The summed E-state index contributed by atoms with van der Waals surface area (Å²) < 4.78 is 5.19. The van der Waals surface area contributed by atoms with Gasteiger partial charge in [0.15, 0.2) is 0 Å². The van der Waals surface area contributed by atoms with Crippen LogP contribution < -0.4 is 10.1 Å². The Kier molecular flexibility index (Phi) is 6.67. The van der Waals surface area contributed by atoms with Crippen LogP contribution in [0, 0.1) is 0 Å². The molecule has 0 bridgehead atoms. The first-order valence-corrected chi connectivity index (χ1v) is 4.73. The van der Waals surface area contributed by atoms with Crippen LogP contribution >= 0.6 is 24.8 Å². The van der Waals surface area contributed by atoms with Crippen LogP contribution in [0.25, 0.3) is 0 Å². The van der Waals surface area contributed by atoms with Gasteiger partial charge in [-0.25, -0.2) is 0 Å². The van der Waals surface area contributed by atoms with Gasteiger partial charge in [-0.3, -0.25) is 4.98 Å². The van der Waals surface area contributed by atoms with Crippen LogP contribution in [0.4, 0.5) is 0 Å². The Morgan fingerprint density at radius 2 is 2.25 bits per heavy atom. The van der Waals surface area contributed by atoms with Crippen molar-refractivity contribution in [2.24, 2.45) is 0 Å². The van der Waals surface area contributed by atoms with E-state index in [1.165, 1.54) is 0 Å². The van der Waals surface area contributed by atoms with E-state index in [1.54, 1.807) is 13.3 Å². The number of hydrogen-bond acceptors (Lipinski definition) is 4.